The van der Waals surface area contributed by atoms with Crippen molar-refractivity contribution >= 4 is 44.7 Å². The summed E-state index contributed by atoms with van der Waals surface area (Å²) in [5, 5.41) is 25.4. The van der Waals surface area contributed by atoms with Crippen LogP contribution in [0.4, 0.5) is 10.8 Å². The lowest BCUT2D eigenvalue weighted by Gasteiger charge is -2.05. The average Bonchev–Trinajstić information content (AvgIpc) is 3.47. The van der Waals surface area contributed by atoms with Gasteiger partial charge in [-0.1, -0.05) is 22.9 Å². The molecule has 0 fully saturated rings. The highest BCUT2D eigenvalue weighted by Crippen LogP contribution is 2.34. The molecule has 0 atom stereocenters. The van der Waals surface area contributed by atoms with Crippen LogP contribution in [0, 0.1) is 0 Å². The number of aromatic nitrogens is 8. The van der Waals surface area contributed by atoms with E-state index in [4.69, 9.17) is 11.6 Å². The molecule has 0 spiro atoms. The van der Waals surface area contributed by atoms with Crippen LogP contribution in [0.1, 0.15) is 0 Å². The SMILES string of the molecule is Cn1cnc(-c2cc(-c3nnc(Nc4ccc5[nH]ncc5c4Cl)s3)cn(C)c2=O)n1. The predicted molar refractivity (Wildman–Crippen MR) is 115 cm³/mol. The van der Waals surface area contributed by atoms with E-state index < -0.39 is 0 Å². The van der Waals surface area contributed by atoms with E-state index in [2.05, 4.69) is 35.8 Å². The number of hydrogen-bond donors (Lipinski definition) is 2. The number of aromatic amines is 1. The lowest BCUT2D eigenvalue weighted by Crippen LogP contribution is -2.18. The van der Waals surface area contributed by atoms with Crippen molar-refractivity contribution < 1.29 is 0 Å². The van der Waals surface area contributed by atoms with Crippen LogP contribution >= 0.6 is 22.9 Å². The van der Waals surface area contributed by atoms with Crippen molar-refractivity contribution in [1.29, 1.82) is 0 Å². The summed E-state index contributed by atoms with van der Waals surface area (Å²) < 4.78 is 3.04. The summed E-state index contributed by atoms with van der Waals surface area (Å²) in [7, 11) is 3.43. The predicted octanol–water partition coefficient (Wildman–Crippen LogP) is 2.97. The molecule has 1 aromatic carbocycles. The zero-order chi connectivity index (χ0) is 20.8. The van der Waals surface area contributed by atoms with Gasteiger partial charge in [0, 0.05) is 31.2 Å². The third-order valence-electron chi connectivity index (χ3n) is 4.50. The van der Waals surface area contributed by atoms with Gasteiger partial charge in [0.1, 0.15) is 6.33 Å². The summed E-state index contributed by atoms with van der Waals surface area (Å²) in [6.45, 7) is 0. The molecule has 0 aliphatic rings. The molecule has 5 rings (SSSR count). The summed E-state index contributed by atoms with van der Waals surface area (Å²) in [5.41, 5.74) is 2.50. The summed E-state index contributed by atoms with van der Waals surface area (Å²) in [6, 6.07) is 5.46. The van der Waals surface area contributed by atoms with Gasteiger partial charge in [0.05, 0.1) is 28.0 Å². The molecule has 30 heavy (non-hydrogen) atoms. The number of nitrogens with one attached hydrogen (secondary N) is 2. The quantitative estimate of drug-likeness (QED) is 0.441. The Morgan fingerprint density at radius 3 is 2.90 bits per heavy atom. The third kappa shape index (κ3) is 3.13. The molecule has 0 bridgehead atoms. The van der Waals surface area contributed by atoms with Crippen molar-refractivity contribution in [3.8, 4) is 22.0 Å². The van der Waals surface area contributed by atoms with Gasteiger partial charge in [-0.05, 0) is 18.2 Å². The number of hydrogen-bond acceptors (Lipinski definition) is 8. The second-order valence-corrected chi connectivity index (χ2v) is 7.95. The number of fused-ring (bicyclic) bond motifs is 1. The standard InChI is InChI=1S/C18H14ClN9OS/c1-27-7-9(5-10(17(27)29)15-20-8-28(2)26-15)16-24-25-18(30-16)22-13-4-3-12-11(14(13)19)6-21-23-12/h3-8H,1-2H3,(H,21,23)(H,22,25). The number of aryl methyl sites for hydroxylation is 2. The van der Waals surface area contributed by atoms with E-state index in [1.54, 1.807) is 43.6 Å². The van der Waals surface area contributed by atoms with Gasteiger partial charge in [0.2, 0.25) is 5.13 Å². The minimum Gasteiger partial charge on any atom is -0.329 e. The van der Waals surface area contributed by atoms with Crippen LogP contribution in [0.2, 0.25) is 5.02 Å². The first kappa shape index (κ1) is 18.5. The summed E-state index contributed by atoms with van der Waals surface area (Å²) in [6.07, 6.45) is 4.94. The highest BCUT2D eigenvalue weighted by molar-refractivity contribution is 7.18. The van der Waals surface area contributed by atoms with Gasteiger partial charge in [-0.25, -0.2) is 4.98 Å². The van der Waals surface area contributed by atoms with Gasteiger partial charge in [0.15, 0.2) is 10.8 Å². The summed E-state index contributed by atoms with van der Waals surface area (Å²) in [4.78, 5) is 16.7. The average molecular weight is 440 g/mol. The fourth-order valence-electron chi connectivity index (χ4n) is 3.04. The van der Waals surface area contributed by atoms with Crippen LogP contribution in [-0.4, -0.2) is 39.7 Å². The number of rotatable bonds is 4. The Kier molecular flexibility index (Phi) is 4.33. The Balaban J connectivity index is 1.50. The van der Waals surface area contributed by atoms with Crippen molar-refractivity contribution in [3.05, 3.63) is 52.3 Å². The molecule has 0 aliphatic heterocycles. The number of halogens is 1. The maximum absolute atomic E-state index is 12.5. The Hall–Kier alpha value is -3.57. The van der Waals surface area contributed by atoms with E-state index >= 15 is 0 Å². The molecule has 150 valence electrons. The molecule has 10 nitrogen and oxygen atoms in total. The smallest absolute Gasteiger partial charge is 0.261 e. The molecule has 0 saturated carbocycles. The summed E-state index contributed by atoms with van der Waals surface area (Å²) in [5.74, 6) is 0.364. The van der Waals surface area contributed by atoms with E-state index in [1.807, 2.05) is 12.1 Å². The van der Waals surface area contributed by atoms with Gasteiger partial charge in [0.25, 0.3) is 5.56 Å². The lowest BCUT2D eigenvalue weighted by atomic mass is 10.2. The second kappa shape index (κ2) is 7.04. The van der Waals surface area contributed by atoms with Crippen LogP contribution < -0.4 is 10.9 Å². The molecule has 2 N–H and O–H groups in total. The van der Waals surface area contributed by atoms with E-state index in [-0.39, 0.29) is 5.56 Å². The fourth-order valence-corrected chi connectivity index (χ4v) is 4.03. The fraction of sp³-hybridized carbons (Fsp3) is 0.111. The Labute approximate surface area is 178 Å². The number of anilines is 2. The molecule has 0 unspecified atom stereocenters. The molecule has 5 aromatic rings. The van der Waals surface area contributed by atoms with Gasteiger partial charge >= 0.3 is 0 Å². The minimum absolute atomic E-state index is 0.187. The van der Waals surface area contributed by atoms with Gasteiger partial charge in [-0.3, -0.25) is 14.6 Å². The highest BCUT2D eigenvalue weighted by atomic mass is 35.5. The molecule has 0 aliphatic carbocycles. The van der Waals surface area contributed by atoms with Crippen LogP contribution in [0.5, 0.6) is 0 Å². The maximum Gasteiger partial charge on any atom is 0.261 e. The zero-order valence-corrected chi connectivity index (χ0v) is 17.4. The highest BCUT2D eigenvalue weighted by Gasteiger charge is 2.16. The van der Waals surface area contributed by atoms with Crippen molar-refractivity contribution in [2.24, 2.45) is 14.1 Å². The van der Waals surface area contributed by atoms with Gasteiger partial charge in [-0.2, -0.15) is 10.2 Å². The minimum atomic E-state index is -0.187. The molecular formula is C18H14ClN9OS. The van der Waals surface area contributed by atoms with Crippen molar-refractivity contribution in [2.75, 3.05) is 5.32 Å². The molecular weight excluding hydrogens is 426 g/mol. The molecule has 0 saturated heterocycles. The van der Waals surface area contributed by atoms with Crippen molar-refractivity contribution in [3.63, 3.8) is 0 Å². The van der Waals surface area contributed by atoms with E-state index in [9.17, 15) is 4.79 Å². The first-order chi connectivity index (χ1) is 14.5. The van der Waals surface area contributed by atoms with E-state index in [0.29, 0.717) is 32.2 Å². The van der Waals surface area contributed by atoms with Crippen LogP contribution in [-0.2, 0) is 14.1 Å². The zero-order valence-electron chi connectivity index (χ0n) is 15.8. The number of benzene rings is 1. The lowest BCUT2D eigenvalue weighted by molar-refractivity contribution is 0.767. The molecule has 12 heteroatoms. The number of pyridine rings is 1. The first-order valence-electron chi connectivity index (χ1n) is 8.79. The summed E-state index contributed by atoms with van der Waals surface area (Å²) >= 11 is 7.81. The molecule has 0 amide bonds. The Bertz CT molecular complexity index is 1450. The van der Waals surface area contributed by atoms with E-state index in [0.717, 1.165) is 16.5 Å². The monoisotopic (exact) mass is 439 g/mol. The largest absolute Gasteiger partial charge is 0.329 e. The third-order valence-corrected chi connectivity index (χ3v) is 5.79. The maximum atomic E-state index is 12.5. The number of H-pyrrole nitrogens is 1. The van der Waals surface area contributed by atoms with Gasteiger partial charge in [-0.15, -0.1) is 10.2 Å². The topological polar surface area (TPSA) is 119 Å². The molecule has 4 heterocycles. The van der Waals surface area contributed by atoms with Crippen molar-refractivity contribution in [1.82, 2.24) is 39.7 Å². The van der Waals surface area contributed by atoms with Crippen LogP contribution in [0.3, 0.4) is 0 Å². The Morgan fingerprint density at radius 2 is 2.10 bits per heavy atom. The van der Waals surface area contributed by atoms with Gasteiger partial charge < -0.3 is 9.88 Å². The van der Waals surface area contributed by atoms with E-state index in [1.165, 1.54) is 15.9 Å². The number of nitrogens with zero attached hydrogens (tertiary/aromatic N) is 7. The van der Waals surface area contributed by atoms with Crippen molar-refractivity contribution in [2.45, 2.75) is 0 Å². The molecule has 0 radical (unpaired) electrons. The van der Waals surface area contributed by atoms with Crippen LogP contribution in [0.15, 0.2) is 41.7 Å². The first-order valence-corrected chi connectivity index (χ1v) is 9.98. The second-order valence-electron chi connectivity index (χ2n) is 6.60. The normalized spacial score (nSPS) is 11.3. The molecule has 4 aromatic heterocycles. The van der Waals surface area contributed by atoms with Crippen LogP contribution in [0.25, 0.3) is 32.9 Å². The Morgan fingerprint density at radius 1 is 1.23 bits per heavy atom.